The first-order chi connectivity index (χ1) is 14.3. The van der Waals surface area contributed by atoms with E-state index in [0.717, 1.165) is 12.8 Å². The molecule has 0 aromatic carbocycles. The summed E-state index contributed by atoms with van der Waals surface area (Å²) in [6.45, 7) is 9.04. The molecule has 0 aromatic rings. The van der Waals surface area contributed by atoms with Crippen molar-refractivity contribution in [3.05, 3.63) is 0 Å². The Labute approximate surface area is 186 Å². The van der Waals surface area contributed by atoms with Crippen LogP contribution in [0.5, 0.6) is 0 Å². The van der Waals surface area contributed by atoms with Gasteiger partial charge in [-0.05, 0) is 27.2 Å². The fourth-order valence-corrected chi connectivity index (χ4v) is 3.30. The molecule has 0 heterocycles. The van der Waals surface area contributed by atoms with Crippen LogP contribution < -0.4 is 5.32 Å². The zero-order valence-electron chi connectivity index (χ0n) is 20.4. The minimum atomic E-state index is -0.460. The van der Waals surface area contributed by atoms with Crippen molar-refractivity contribution in [3.63, 3.8) is 0 Å². The summed E-state index contributed by atoms with van der Waals surface area (Å²) in [5, 5.41) is 2.87. The molecule has 1 amide bonds. The first kappa shape index (κ1) is 28.9. The van der Waals surface area contributed by atoms with Crippen LogP contribution in [0.1, 0.15) is 124 Å². The van der Waals surface area contributed by atoms with E-state index >= 15 is 0 Å². The van der Waals surface area contributed by atoms with Crippen molar-refractivity contribution in [2.75, 3.05) is 19.8 Å². The molecule has 0 saturated carbocycles. The highest BCUT2D eigenvalue weighted by molar-refractivity contribution is 5.75. The summed E-state index contributed by atoms with van der Waals surface area (Å²) in [6.07, 6.45) is 17.9. The highest BCUT2D eigenvalue weighted by Crippen LogP contribution is 2.13. The summed E-state index contributed by atoms with van der Waals surface area (Å²) in [6, 6.07) is 0. The van der Waals surface area contributed by atoms with Crippen molar-refractivity contribution < 1.29 is 19.1 Å². The van der Waals surface area contributed by atoms with E-state index in [1.807, 2.05) is 20.8 Å². The number of amides is 1. The molecule has 178 valence electrons. The third-order valence-electron chi connectivity index (χ3n) is 4.95. The van der Waals surface area contributed by atoms with Crippen LogP contribution in [0.3, 0.4) is 0 Å². The van der Waals surface area contributed by atoms with Crippen molar-refractivity contribution in [1.29, 1.82) is 0 Å². The Morgan fingerprint density at radius 3 is 1.70 bits per heavy atom. The molecular formula is C25H49NO4. The number of nitrogens with one attached hydrogen (secondary N) is 1. The Bertz CT molecular complexity index is 418. The minimum Gasteiger partial charge on any atom is -0.460 e. The lowest BCUT2D eigenvalue weighted by atomic mass is 10.0. The van der Waals surface area contributed by atoms with Crippen molar-refractivity contribution in [3.8, 4) is 0 Å². The Morgan fingerprint density at radius 1 is 0.700 bits per heavy atom. The number of hydrogen-bond donors (Lipinski definition) is 1. The van der Waals surface area contributed by atoms with Gasteiger partial charge in [0.25, 0.3) is 0 Å². The quantitative estimate of drug-likeness (QED) is 0.182. The van der Waals surface area contributed by atoms with Gasteiger partial charge >= 0.3 is 5.97 Å². The van der Waals surface area contributed by atoms with Gasteiger partial charge in [0.1, 0.15) is 5.60 Å². The van der Waals surface area contributed by atoms with Crippen molar-refractivity contribution in [2.45, 2.75) is 130 Å². The van der Waals surface area contributed by atoms with Crippen LogP contribution in [0.2, 0.25) is 0 Å². The molecule has 0 saturated heterocycles. The Hall–Kier alpha value is -1.10. The van der Waals surface area contributed by atoms with Crippen molar-refractivity contribution in [2.24, 2.45) is 0 Å². The summed E-state index contributed by atoms with van der Waals surface area (Å²) in [7, 11) is 0. The molecule has 0 bridgehead atoms. The summed E-state index contributed by atoms with van der Waals surface area (Å²) < 4.78 is 10.6. The Morgan fingerprint density at radius 2 is 1.20 bits per heavy atom. The molecule has 0 aliphatic heterocycles. The summed E-state index contributed by atoms with van der Waals surface area (Å²) in [5.41, 5.74) is -0.460. The summed E-state index contributed by atoms with van der Waals surface area (Å²) in [4.78, 5) is 23.3. The maximum Gasteiger partial charge on any atom is 0.308 e. The van der Waals surface area contributed by atoms with Gasteiger partial charge in [-0.2, -0.15) is 0 Å². The SMILES string of the molecule is CCCCCCCCCCCCCCCC(=O)NCCOCCC(=O)OC(C)(C)C. The number of unbranched alkanes of at least 4 members (excludes halogenated alkanes) is 12. The molecule has 0 atom stereocenters. The molecule has 0 unspecified atom stereocenters. The predicted molar refractivity (Wildman–Crippen MR) is 125 cm³/mol. The van der Waals surface area contributed by atoms with Crippen LogP contribution in [0.4, 0.5) is 0 Å². The molecule has 5 heteroatoms. The Kier molecular flexibility index (Phi) is 19.1. The lowest BCUT2D eigenvalue weighted by Gasteiger charge is -2.19. The molecule has 0 aromatic heterocycles. The molecule has 0 aliphatic carbocycles. The second-order valence-electron chi connectivity index (χ2n) is 9.29. The number of carbonyl (C=O) groups is 2. The molecule has 0 aliphatic rings. The van der Waals surface area contributed by atoms with E-state index in [0.29, 0.717) is 26.2 Å². The largest absolute Gasteiger partial charge is 0.460 e. The van der Waals surface area contributed by atoms with E-state index in [1.54, 1.807) is 0 Å². The third kappa shape index (κ3) is 23.2. The zero-order valence-corrected chi connectivity index (χ0v) is 20.4. The van der Waals surface area contributed by atoms with E-state index in [-0.39, 0.29) is 18.3 Å². The molecule has 0 fully saturated rings. The van der Waals surface area contributed by atoms with Crippen LogP contribution in [-0.2, 0) is 19.1 Å². The molecule has 0 rings (SSSR count). The average molecular weight is 428 g/mol. The molecular weight excluding hydrogens is 378 g/mol. The highest BCUT2D eigenvalue weighted by Gasteiger charge is 2.15. The molecule has 5 nitrogen and oxygen atoms in total. The van der Waals surface area contributed by atoms with Crippen LogP contribution in [-0.4, -0.2) is 37.2 Å². The monoisotopic (exact) mass is 427 g/mol. The second-order valence-corrected chi connectivity index (χ2v) is 9.29. The third-order valence-corrected chi connectivity index (χ3v) is 4.95. The minimum absolute atomic E-state index is 0.0915. The van der Waals surface area contributed by atoms with Crippen LogP contribution in [0, 0.1) is 0 Å². The normalized spacial score (nSPS) is 11.5. The van der Waals surface area contributed by atoms with Gasteiger partial charge in [-0.3, -0.25) is 9.59 Å². The van der Waals surface area contributed by atoms with E-state index in [2.05, 4.69) is 12.2 Å². The van der Waals surface area contributed by atoms with Gasteiger partial charge in [-0.15, -0.1) is 0 Å². The van der Waals surface area contributed by atoms with Gasteiger partial charge in [0, 0.05) is 13.0 Å². The lowest BCUT2D eigenvalue weighted by molar-refractivity contribution is -0.156. The predicted octanol–water partition coefficient (Wildman–Crippen LogP) is 6.33. The standard InChI is InChI=1S/C25H49NO4/c1-5-6-7-8-9-10-11-12-13-14-15-16-17-18-23(27)26-20-22-29-21-19-24(28)30-25(2,3)4/h5-22H2,1-4H3,(H,26,27). The highest BCUT2D eigenvalue weighted by atomic mass is 16.6. The van der Waals surface area contributed by atoms with Crippen LogP contribution in [0.25, 0.3) is 0 Å². The molecule has 30 heavy (non-hydrogen) atoms. The second kappa shape index (κ2) is 19.8. The number of hydrogen-bond acceptors (Lipinski definition) is 4. The average Bonchev–Trinajstić information content (AvgIpc) is 2.66. The first-order valence-electron chi connectivity index (χ1n) is 12.4. The number of carbonyl (C=O) groups excluding carboxylic acids is 2. The van der Waals surface area contributed by atoms with E-state index in [1.165, 1.54) is 70.6 Å². The molecule has 0 radical (unpaired) electrons. The maximum absolute atomic E-state index is 11.8. The zero-order chi connectivity index (χ0) is 22.5. The van der Waals surface area contributed by atoms with Crippen LogP contribution in [0.15, 0.2) is 0 Å². The number of rotatable bonds is 20. The van der Waals surface area contributed by atoms with E-state index in [9.17, 15) is 9.59 Å². The molecule has 0 spiro atoms. The smallest absolute Gasteiger partial charge is 0.308 e. The molecule has 1 N–H and O–H groups in total. The lowest BCUT2D eigenvalue weighted by Crippen LogP contribution is -2.27. The van der Waals surface area contributed by atoms with Gasteiger partial charge in [0.15, 0.2) is 0 Å². The van der Waals surface area contributed by atoms with E-state index < -0.39 is 5.60 Å². The van der Waals surface area contributed by atoms with Gasteiger partial charge in [-0.1, -0.05) is 84.0 Å². The number of ether oxygens (including phenoxy) is 2. The van der Waals surface area contributed by atoms with Crippen molar-refractivity contribution >= 4 is 11.9 Å². The fraction of sp³-hybridized carbons (Fsp3) is 0.920. The van der Waals surface area contributed by atoms with Gasteiger partial charge in [-0.25, -0.2) is 0 Å². The van der Waals surface area contributed by atoms with Gasteiger partial charge in [0.05, 0.1) is 19.6 Å². The summed E-state index contributed by atoms with van der Waals surface area (Å²) in [5.74, 6) is -0.164. The maximum atomic E-state index is 11.8. The summed E-state index contributed by atoms with van der Waals surface area (Å²) >= 11 is 0. The number of esters is 1. The first-order valence-corrected chi connectivity index (χ1v) is 12.4. The Balaban J connectivity index is 3.28. The van der Waals surface area contributed by atoms with Gasteiger partial charge in [0.2, 0.25) is 5.91 Å². The van der Waals surface area contributed by atoms with Gasteiger partial charge < -0.3 is 14.8 Å². The van der Waals surface area contributed by atoms with Crippen LogP contribution >= 0.6 is 0 Å². The fourth-order valence-electron chi connectivity index (χ4n) is 3.30. The topological polar surface area (TPSA) is 64.6 Å². The van der Waals surface area contributed by atoms with E-state index in [4.69, 9.17) is 9.47 Å². The van der Waals surface area contributed by atoms with Crippen molar-refractivity contribution in [1.82, 2.24) is 5.32 Å².